The van der Waals surface area contributed by atoms with Crippen molar-refractivity contribution in [1.82, 2.24) is 9.97 Å². The van der Waals surface area contributed by atoms with Crippen LogP contribution in [0.25, 0.3) is 0 Å². The van der Waals surface area contributed by atoms with Crippen molar-refractivity contribution in [3.05, 3.63) is 12.3 Å². The molecule has 2 N–H and O–H groups in total. The molecule has 0 bridgehead atoms. The van der Waals surface area contributed by atoms with Gasteiger partial charge in [0.05, 0.1) is 12.2 Å². The van der Waals surface area contributed by atoms with Gasteiger partial charge in [0, 0.05) is 18.8 Å². The predicted molar refractivity (Wildman–Crippen MR) is 67.2 cm³/mol. The highest BCUT2D eigenvalue weighted by Crippen LogP contribution is 2.10. The van der Waals surface area contributed by atoms with Gasteiger partial charge in [-0.25, -0.2) is 4.98 Å². The highest BCUT2D eigenvalue weighted by Gasteiger charge is 2.02. The second-order valence-corrected chi connectivity index (χ2v) is 4.30. The van der Waals surface area contributed by atoms with Gasteiger partial charge in [0.25, 0.3) is 0 Å². The number of ether oxygens (including phenoxy) is 1. The summed E-state index contributed by atoms with van der Waals surface area (Å²) >= 11 is 0. The molecule has 1 aromatic heterocycles. The molecule has 1 aromatic rings. The summed E-state index contributed by atoms with van der Waals surface area (Å²) in [5.41, 5.74) is 0. The number of nitrogens with zero attached hydrogens (tertiary/aromatic N) is 2. The second-order valence-electron chi connectivity index (χ2n) is 4.30. The normalized spacial score (nSPS) is 12.5. The Morgan fingerprint density at radius 2 is 2.18 bits per heavy atom. The lowest BCUT2D eigenvalue weighted by atomic mass is 10.2. The van der Waals surface area contributed by atoms with Crippen molar-refractivity contribution in [2.75, 3.05) is 11.9 Å². The minimum atomic E-state index is -0.256. The van der Waals surface area contributed by atoms with Gasteiger partial charge < -0.3 is 15.2 Å². The molecule has 1 heterocycles. The summed E-state index contributed by atoms with van der Waals surface area (Å²) in [4.78, 5) is 8.32. The van der Waals surface area contributed by atoms with Crippen LogP contribution in [0, 0.1) is 0 Å². The highest BCUT2D eigenvalue weighted by molar-refractivity contribution is 5.27. The van der Waals surface area contributed by atoms with Crippen LogP contribution in [0.2, 0.25) is 0 Å². The van der Waals surface area contributed by atoms with Gasteiger partial charge in [-0.3, -0.25) is 0 Å². The molecule has 0 aliphatic carbocycles. The maximum atomic E-state index is 9.11. The molecule has 96 valence electrons. The topological polar surface area (TPSA) is 67.3 Å². The van der Waals surface area contributed by atoms with E-state index < -0.39 is 0 Å². The summed E-state index contributed by atoms with van der Waals surface area (Å²) < 4.78 is 5.47. The van der Waals surface area contributed by atoms with Crippen LogP contribution in [-0.4, -0.2) is 33.8 Å². The Labute approximate surface area is 102 Å². The lowest BCUT2D eigenvalue weighted by Gasteiger charge is -2.10. The van der Waals surface area contributed by atoms with E-state index >= 15 is 0 Å². The van der Waals surface area contributed by atoms with E-state index in [2.05, 4.69) is 15.3 Å². The van der Waals surface area contributed by atoms with E-state index in [1.165, 1.54) is 0 Å². The van der Waals surface area contributed by atoms with Crippen LogP contribution in [0.3, 0.4) is 0 Å². The van der Waals surface area contributed by atoms with E-state index in [1.807, 2.05) is 13.8 Å². The van der Waals surface area contributed by atoms with Gasteiger partial charge in [-0.2, -0.15) is 4.98 Å². The lowest BCUT2D eigenvalue weighted by Crippen LogP contribution is -2.11. The summed E-state index contributed by atoms with van der Waals surface area (Å²) in [5, 5.41) is 12.2. The standard InChI is InChI=1S/C12H21N3O2/c1-9(2)17-11-6-8-14-12(15-11)13-7-4-5-10(3)16/h6,8-10,16H,4-5,7H2,1-3H3,(H,13,14,15). The summed E-state index contributed by atoms with van der Waals surface area (Å²) in [5.74, 6) is 1.14. The monoisotopic (exact) mass is 239 g/mol. The van der Waals surface area contributed by atoms with E-state index in [-0.39, 0.29) is 12.2 Å². The smallest absolute Gasteiger partial charge is 0.225 e. The third-order valence-electron chi connectivity index (χ3n) is 2.07. The van der Waals surface area contributed by atoms with Crippen LogP contribution in [0.4, 0.5) is 5.95 Å². The fourth-order valence-corrected chi connectivity index (χ4v) is 1.33. The molecule has 0 aliphatic heterocycles. The van der Waals surface area contributed by atoms with E-state index in [0.717, 1.165) is 19.4 Å². The summed E-state index contributed by atoms with van der Waals surface area (Å²) in [6.07, 6.45) is 3.18. The van der Waals surface area contributed by atoms with Crippen LogP contribution in [0.5, 0.6) is 5.88 Å². The second kappa shape index (κ2) is 7.06. The van der Waals surface area contributed by atoms with Crippen molar-refractivity contribution in [1.29, 1.82) is 0 Å². The summed E-state index contributed by atoms with van der Waals surface area (Å²) in [7, 11) is 0. The largest absolute Gasteiger partial charge is 0.475 e. The Hall–Kier alpha value is -1.36. The molecule has 0 aromatic carbocycles. The molecular formula is C12H21N3O2. The Bertz CT molecular complexity index is 329. The third kappa shape index (κ3) is 6.06. The van der Waals surface area contributed by atoms with Gasteiger partial charge >= 0.3 is 0 Å². The number of nitrogens with one attached hydrogen (secondary N) is 1. The molecule has 17 heavy (non-hydrogen) atoms. The van der Waals surface area contributed by atoms with Gasteiger partial charge in [0.15, 0.2) is 0 Å². The number of rotatable bonds is 7. The molecule has 1 atom stereocenters. The molecule has 0 fully saturated rings. The molecule has 0 saturated carbocycles. The minimum absolute atomic E-state index is 0.105. The zero-order valence-corrected chi connectivity index (χ0v) is 10.7. The van der Waals surface area contributed by atoms with Crippen molar-refractivity contribution < 1.29 is 9.84 Å². The molecule has 0 spiro atoms. The Kier molecular flexibility index (Phi) is 5.69. The molecule has 0 amide bonds. The van der Waals surface area contributed by atoms with Gasteiger partial charge in [-0.1, -0.05) is 0 Å². The van der Waals surface area contributed by atoms with Gasteiger partial charge in [-0.05, 0) is 33.6 Å². The van der Waals surface area contributed by atoms with Crippen molar-refractivity contribution >= 4 is 5.95 Å². The van der Waals surface area contributed by atoms with Crippen molar-refractivity contribution in [2.45, 2.75) is 45.8 Å². The Morgan fingerprint density at radius 3 is 2.82 bits per heavy atom. The Balaban J connectivity index is 2.37. The number of hydrogen-bond donors (Lipinski definition) is 2. The average Bonchev–Trinajstić information content (AvgIpc) is 2.24. The molecule has 1 unspecified atom stereocenters. The van der Waals surface area contributed by atoms with Gasteiger partial charge in [0.2, 0.25) is 11.8 Å². The predicted octanol–water partition coefficient (Wildman–Crippen LogP) is 1.84. The van der Waals surface area contributed by atoms with Crippen LogP contribution in [0.15, 0.2) is 12.3 Å². The molecule has 5 heteroatoms. The number of aromatic nitrogens is 2. The molecular weight excluding hydrogens is 218 g/mol. The van der Waals surface area contributed by atoms with E-state index in [0.29, 0.717) is 11.8 Å². The number of aliphatic hydroxyl groups is 1. The van der Waals surface area contributed by atoms with E-state index in [9.17, 15) is 0 Å². The van der Waals surface area contributed by atoms with E-state index in [4.69, 9.17) is 9.84 Å². The maximum absolute atomic E-state index is 9.11. The highest BCUT2D eigenvalue weighted by atomic mass is 16.5. The SMILES string of the molecule is CC(O)CCCNc1nccc(OC(C)C)n1. The first-order valence-electron chi connectivity index (χ1n) is 5.99. The first-order chi connectivity index (χ1) is 8.08. The number of aliphatic hydroxyl groups excluding tert-OH is 1. The maximum Gasteiger partial charge on any atom is 0.225 e. The third-order valence-corrected chi connectivity index (χ3v) is 2.07. The zero-order valence-electron chi connectivity index (χ0n) is 10.7. The molecule has 1 rings (SSSR count). The van der Waals surface area contributed by atoms with Crippen molar-refractivity contribution in [3.63, 3.8) is 0 Å². The lowest BCUT2D eigenvalue weighted by molar-refractivity contribution is 0.183. The summed E-state index contributed by atoms with van der Waals surface area (Å²) in [6, 6.07) is 1.74. The van der Waals surface area contributed by atoms with Crippen molar-refractivity contribution in [3.8, 4) is 5.88 Å². The molecule has 5 nitrogen and oxygen atoms in total. The van der Waals surface area contributed by atoms with Crippen LogP contribution in [-0.2, 0) is 0 Å². The molecule has 0 saturated heterocycles. The first-order valence-corrected chi connectivity index (χ1v) is 5.99. The van der Waals surface area contributed by atoms with Gasteiger partial charge in [0.1, 0.15) is 0 Å². The average molecular weight is 239 g/mol. The quantitative estimate of drug-likeness (QED) is 0.711. The number of hydrogen-bond acceptors (Lipinski definition) is 5. The van der Waals surface area contributed by atoms with Crippen molar-refractivity contribution in [2.24, 2.45) is 0 Å². The molecule has 0 radical (unpaired) electrons. The van der Waals surface area contributed by atoms with E-state index in [1.54, 1.807) is 19.2 Å². The molecule has 0 aliphatic rings. The van der Waals surface area contributed by atoms with Gasteiger partial charge in [-0.15, -0.1) is 0 Å². The fraction of sp³-hybridized carbons (Fsp3) is 0.667. The fourth-order valence-electron chi connectivity index (χ4n) is 1.33. The van der Waals surface area contributed by atoms with Crippen LogP contribution in [0.1, 0.15) is 33.6 Å². The zero-order chi connectivity index (χ0) is 12.7. The van der Waals surface area contributed by atoms with Crippen LogP contribution >= 0.6 is 0 Å². The Morgan fingerprint density at radius 1 is 1.41 bits per heavy atom. The number of anilines is 1. The minimum Gasteiger partial charge on any atom is -0.475 e. The first kappa shape index (κ1) is 13.7. The summed E-state index contributed by atoms with van der Waals surface area (Å²) in [6.45, 7) is 6.44. The van der Waals surface area contributed by atoms with Crippen LogP contribution < -0.4 is 10.1 Å².